The summed E-state index contributed by atoms with van der Waals surface area (Å²) in [6, 6.07) is 86.3. The molecule has 0 saturated carbocycles. The number of hydrogen-bond acceptors (Lipinski definition) is 2. The minimum atomic E-state index is -0.465. The maximum Gasteiger partial charge on any atom is 0.136 e. The molecule has 63 heavy (non-hydrogen) atoms. The van der Waals surface area contributed by atoms with Crippen LogP contribution in [-0.4, -0.2) is 0 Å². The Kier molecular flexibility index (Phi) is 7.85. The van der Waals surface area contributed by atoms with Crippen molar-refractivity contribution >= 4 is 39.0 Å². The van der Waals surface area contributed by atoms with Gasteiger partial charge in [-0.1, -0.05) is 182 Å². The van der Waals surface area contributed by atoms with Crippen LogP contribution in [0.2, 0.25) is 0 Å². The van der Waals surface area contributed by atoms with Gasteiger partial charge in [-0.3, -0.25) is 0 Å². The number of nitrogens with zero attached hydrogens (tertiary/aromatic N) is 1. The van der Waals surface area contributed by atoms with Crippen molar-refractivity contribution < 1.29 is 4.42 Å². The lowest BCUT2D eigenvalue weighted by atomic mass is 9.70. The average molecular weight is 802 g/mol. The fraction of sp³-hybridized carbons (Fsp3) is 0.0164. The van der Waals surface area contributed by atoms with E-state index in [1.165, 1.54) is 83.3 Å². The number of benzene rings is 10. The molecule has 1 aromatic heterocycles. The number of fused-ring (bicyclic) bond motifs is 14. The molecule has 0 fully saturated rings. The second kappa shape index (κ2) is 13.9. The van der Waals surface area contributed by atoms with E-state index in [1.807, 2.05) is 0 Å². The van der Waals surface area contributed by atoms with Crippen molar-refractivity contribution in [2.75, 3.05) is 4.90 Å². The minimum Gasteiger partial charge on any atom is -0.456 e. The van der Waals surface area contributed by atoms with E-state index in [2.05, 4.69) is 241 Å². The summed E-state index contributed by atoms with van der Waals surface area (Å²) in [5, 5.41) is 2.36. The summed E-state index contributed by atoms with van der Waals surface area (Å²) in [5.74, 6) is 0. The molecule has 0 aliphatic heterocycles. The van der Waals surface area contributed by atoms with Crippen molar-refractivity contribution in [2.24, 2.45) is 0 Å². The highest BCUT2D eigenvalue weighted by molar-refractivity contribution is 6.16. The van der Waals surface area contributed by atoms with Crippen molar-refractivity contribution in [3.8, 4) is 55.6 Å². The molecule has 2 heteroatoms. The molecule has 0 radical (unpaired) electrons. The van der Waals surface area contributed by atoms with E-state index in [1.54, 1.807) is 0 Å². The molecule has 10 aromatic carbocycles. The lowest BCUT2D eigenvalue weighted by Crippen LogP contribution is -2.25. The van der Waals surface area contributed by atoms with Crippen LogP contribution in [-0.2, 0) is 5.41 Å². The molecule has 2 aliphatic carbocycles. The maximum atomic E-state index is 6.48. The number of hydrogen-bond donors (Lipinski definition) is 0. The molecular formula is C61H39NO. The first-order valence-electron chi connectivity index (χ1n) is 21.7. The molecule has 2 nitrogen and oxygen atoms in total. The number of anilines is 3. The van der Waals surface area contributed by atoms with Gasteiger partial charge in [-0.25, -0.2) is 0 Å². The zero-order valence-corrected chi connectivity index (χ0v) is 34.4. The Morgan fingerprint density at radius 1 is 0.302 bits per heavy atom. The van der Waals surface area contributed by atoms with Crippen LogP contribution in [0.3, 0.4) is 0 Å². The predicted molar refractivity (Wildman–Crippen MR) is 261 cm³/mol. The Bertz CT molecular complexity index is 3550. The molecule has 13 rings (SSSR count). The second-order valence-corrected chi connectivity index (χ2v) is 16.8. The van der Waals surface area contributed by atoms with Gasteiger partial charge in [0.1, 0.15) is 11.2 Å². The minimum absolute atomic E-state index is 0.465. The summed E-state index contributed by atoms with van der Waals surface area (Å²) in [7, 11) is 0. The summed E-state index contributed by atoms with van der Waals surface area (Å²) in [6.45, 7) is 0. The Morgan fingerprint density at radius 2 is 0.825 bits per heavy atom. The first-order chi connectivity index (χ1) is 31.2. The quantitative estimate of drug-likeness (QED) is 0.167. The zero-order valence-electron chi connectivity index (χ0n) is 34.4. The molecule has 11 aromatic rings. The fourth-order valence-corrected chi connectivity index (χ4v) is 10.8. The summed E-state index contributed by atoms with van der Waals surface area (Å²) >= 11 is 0. The molecule has 2 aliphatic rings. The van der Waals surface area contributed by atoms with Crippen LogP contribution in [0.1, 0.15) is 22.3 Å². The van der Waals surface area contributed by atoms with Gasteiger partial charge in [-0.05, 0) is 132 Å². The van der Waals surface area contributed by atoms with Crippen LogP contribution < -0.4 is 4.90 Å². The van der Waals surface area contributed by atoms with Crippen LogP contribution >= 0.6 is 0 Å². The highest BCUT2D eigenvalue weighted by Crippen LogP contribution is 2.64. The van der Waals surface area contributed by atoms with E-state index < -0.39 is 5.41 Å². The fourth-order valence-electron chi connectivity index (χ4n) is 10.8. The zero-order chi connectivity index (χ0) is 41.5. The van der Waals surface area contributed by atoms with Gasteiger partial charge < -0.3 is 9.32 Å². The van der Waals surface area contributed by atoms with E-state index in [9.17, 15) is 0 Å². The third-order valence-corrected chi connectivity index (χ3v) is 13.5. The van der Waals surface area contributed by atoms with Crippen molar-refractivity contribution in [3.05, 3.63) is 259 Å². The van der Waals surface area contributed by atoms with E-state index in [0.717, 1.165) is 33.6 Å². The van der Waals surface area contributed by atoms with Crippen LogP contribution in [0.4, 0.5) is 17.1 Å². The Morgan fingerprint density at radius 3 is 1.60 bits per heavy atom. The van der Waals surface area contributed by atoms with Crippen molar-refractivity contribution in [1.29, 1.82) is 0 Å². The summed E-state index contributed by atoms with van der Waals surface area (Å²) in [4.78, 5) is 2.34. The van der Waals surface area contributed by atoms with Gasteiger partial charge in [-0.15, -0.1) is 0 Å². The van der Waals surface area contributed by atoms with Gasteiger partial charge in [0.2, 0.25) is 0 Å². The monoisotopic (exact) mass is 801 g/mol. The molecule has 294 valence electrons. The SMILES string of the molecule is c1ccc(-c2ccc(N(c3ccccc3)c3cccc(-c4ccc(-c5ccc6c(c5)C5(c7ccccc7-6)c6ccccc6-c6c5ccc5oc7ccccc7c65)cc4)c3)cc2)cc1. The van der Waals surface area contributed by atoms with Gasteiger partial charge in [0.15, 0.2) is 0 Å². The van der Waals surface area contributed by atoms with Crippen molar-refractivity contribution in [3.63, 3.8) is 0 Å². The van der Waals surface area contributed by atoms with E-state index in [-0.39, 0.29) is 0 Å². The van der Waals surface area contributed by atoms with Gasteiger partial charge in [-0.2, -0.15) is 0 Å². The molecule has 0 saturated heterocycles. The Hall–Kier alpha value is -8.20. The third-order valence-electron chi connectivity index (χ3n) is 13.5. The highest BCUT2D eigenvalue weighted by atomic mass is 16.3. The summed E-state index contributed by atoms with van der Waals surface area (Å²) in [6.07, 6.45) is 0. The van der Waals surface area contributed by atoms with Crippen LogP contribution in [0.15, 0.2) is 241 Å². The van der Waals surface area contributed by atoms with Gasteiger partial charge in [0.25, 0.3) is 0 Å². The number of rotatable bonds is 6. The van der Waals surface area contributed by atoms with Gasteiger partial charge in [0.05, 0.1) is 5.41 Å². The number of para-hydroxylation sites is 2. The standard InChI is InChI=1S/C61H39NO/c1-3-14-40(15-4-1)41-30-33-47(34-31-41)62(46-17-5-2-6-18-46)48-19-13-16-44(38-48)42-26-28-43(29-27-42)45-32-35-50-49-20-7-10-23-53(49)61(56(50)39-45)54-24-11-8-21-51(54)59-55(61)36-37-58-60(59)52-22-9-12-25-57(52)63-58/h1-39H. The topological polar surface area (TPSA) is 16.4 Å². The van der Waals surface area contributed by atoms with E-state index in [4.69, 9.17) is 4.42 Å². The first-order valence-corrected chi connectivity index (χ1v) is 21.7. The molecule has 1 unspecified atom stereocenters. The second-order valence-electron chi connectivity index (χ2n) is 16.8. The molecule has 1 spiro atoms. The van der Waals surface area contributed by atoms with Gasteiger partial charge in [0, 0.05) is 27.8 Å². The summed E-state index contributed by atoms with van der Waals surface area (Å²) < 4.78 is 6.48. The summed E-state index contributed by atoms with van der Waals surface area (Å²) in [5.41, 5.74) is 22.3. The molecule has 0 bridgehead atoms. The smallest absolute Gasteiger partial charge is 0.136 e. The van der Waals surface area contributed by atoms with Crippen LogP contribution in [0.5, 0.6) is 0 Å². The molecule has 0 amide bonds. The molecule has 1 atom stereocenters. The average Bonchev–Trinajstić information content (AvgIpc) is 3.99. The van der Waals surface area contributed by atoms with Crippen LogP contribution in [0.25, 0.3) is 77.6 Å². The van der Waals surface area contributed by atoms with E-state index in [0.29, 0.717) is 0 Å². The Labute approximate surface area is 366 Å². The molecular weight excluding hydrogens is 763 g/mol. The lowest BCUT2D eigenvalue weighted by Gasteiger charge is -2.30. The predicted octanol–water partition coefficient (Wildman–Crippen LogP) is 16.4. The Balaban J connectivity index is 0.902. The third kappa shape index (κ3) is 5.32. The maximum absolute atomic E-state index is 6.48. The number of furan rings is 1. The largest absolute Gasteiger partial charge is 0.456 e. The van der Waals surface area contributed by atoms with Crippen molar-refractivity contribution in [1.82, 2.24) is 0 Å². The van der Waals surface area contributed by atoms with Crippen LogP contribution in [0, 0.1) is 0 Å². The van der Waals surface area contributed by atoms with Gasteiger partial charge >= 0.3 is 0 Å². The first kappa shape index (κ1) is 35.5. The van der Waals surface area contributed by atoms with Crippen molar-refractivity contribution in [2.45, 2.75) is 5.41 Å². The highest BCUT2D eigenvalue weighted by Gasteiger charge is 2.52. The van der Waals surface area contributed by atoms with E-state index >= 15 is 0 Å². The lowest BCUT2D eigenvalue weighted by molar-refractivity contribution is 0.668. The molecule has 1 heterocycles. The molecule has 0 N–H and O–H groups in total. The normalized spacial score (nSPS) is 14.4.